The average Bonchev–Trinajstić information content (AvgIpc) is 2.58. The summed E-state index contributed by atoms with van der Waals surface area (Å²) in [6.45, 7) is 3.81. The number of benzene rings is 1. The molecule has 14 heavy (non-hydrogen) atoms. The largest absolute Gasteiger partial charge is 0.377 e. The summed E-state index contributed by atoms with van der Waals surface area (Å²) in [4.78, 5) is 0. The van der Waals surface area contributed by atoms with Crippen LogP contribution >= 0.6 is 0 Å². The van der Waals surface area contributed by atoms with E-state index < -0.39 is 0 Å². The molecule has 0 radical (unpaired) electrons. The van der Waals surface area contributed by atoms with Crippen molar-refractivity contribution in [3.05, 3.63) is 48.0 Å². The van der Waals surface area contributed by atoms with Gasteiger partial charge in [0.1, 0.15) is 0 Å². The van der Waals surface area contributed by atoms with Crippen molar-refractivity contribution in [1.82, 2.24) is 0 Å². The average molecular weight is 188 g/mol. The van der Waals surface area contributed by atoms with E-state index in [2.05, 4.69) is 30.8 Å². The van der Waals surface area contributed by atoms with Crippen LogP contribution < -0.4 is 0 Å². The molecule has 0 amide bonds. The smallest absolute Gasteiger partial charge is 0.0829 e. The highest BCUT2D eigenvalue weighted by Crippen LogP contribution is 2.43. The molecule has 0 spiro atoms. The maximum atomic E-state index is 5.48. The minimum atomic E-state index is 0.288. The van der Waals surface area contributed by atoms with Gasteiger partial charge in [0, 0.05) is 7.11 Å². The number of allylic oxidation sites excluding steroid dienone is 1. The first kappa shape index (κ1) is 9.47. The van der Waals surface area contributed by atoms with Gasteiger partial charge in [-0.05, 0) is 29.9 Å². The number of fused-ring (bicyclic) bond motifs is 1. The highest BCUT2D eigenvalue weighted by atomic mass is 16.5. The summed E-state index contributed by atoms with van der Waals surface area (Å²) in [7, 11) is 1.79. The summed E-state index contributed by atoms with van der Waals surface area (Å²) >= 11 is 0. The normalized spacial score (nSPS) is 24.6. The van der Waals surface area contributed by atoms with Crippen LogP contribution in [0.15, 0.2) is 36.9 Å². The molecule has 1 aliphatic carbocycles. The quantitative estimate of drug-likeness (QED) is 0.660. The number of hydrogen-bond donors (Lipinski definition) is 0. The summed E-state index contributed by atoms with van der Waals surface area (Å²) in [5.41, 5.74) is 2.81. The van der Waals surface area contributed by atoms with Crippen molar-refractivity contribution < 1.29 is 4.74 Å². The van der Waals surface area contributed by atoms with Crippen LogP contribution in [0, 0.1) is 0 Å². The van der Waals surface area contributed by atoms with Crippen molar-refractivity contribution >= 4 is 0 Å². The van der Waals surface area contributed by atoms with Gasteiger partial charge < -0.3 is 4.74 Å². The Morgan fingerprint density at radius 1 is 1.43 bits per heavy atom. The molecule has 1 nitrogen and oxygen atoms in total. The van der Waals surface area contributed by atoms with E-state index in [4.69, 9.17) is 4.74 Å². The second-order valence-corrected chi connectivity index (χ2v) is 3.81. The van der Waals surface area contributed by atoms with Crippen LogP contribution in [0.4, 0.5) is 0 Å². The van der Waals surface area contributed by atoms with Crippen molar-refractivity contribution in [1.29, 1.82) is 0 Å². The highest BCUT2D eigenvalue weighted by Gasteiger charge is 2.29. The highest BCUT2D eigenvalue weighted by molar-refractivity contribution is 5.37. The molecule has 0 heterocycles. The Balaban J connectivity index is 2.33. The fourth-order valence-corrected chi connectivity index (χ4v) is 2.34. The van der Waals surface area contributed by atoms with Gasteiger partial charge in [-0.25, -0.2) is 0 Å². The topological polar surface area (TPSA) is 9.23 Å². The molecule has 0 fully saturated rings. The number of rotatable bonds is 3. The molecule has 0 unspecified atom stereocenters. The second kappa shape index (κ2) is 3.97. The van der Waals surface area contributed by atoms with E-state index in [0.717, 1.165) is 12.8 Å². The molecular formula is C13H16O. The Kier molecular flexibility index (Phi) is 2.69. The van der Waals surface area contributed by atoms with Gasteiger partial charge in [-0.1, -0.05) is 30.3 Å². The molecule has 0 saturated carbocycles. The molecule has 0 N–H and O–H groups in total. The van der Waals surface area contributed by atoms with Gasteiger partial charge >= 0.3 is 0 Å². The molecule has 0 saturated heterocycles. The summed E-state index contributed by atoms with van der Waals surface area (Å²) in [5, 5.41) is 0. The van der Waals surface area contributed by atoms with E-state index in [9.17, 15) is 0 Å². The van der Waals surface area contributed by atoms with Crippen molar-refractivity contribution in [3.8, 4) is 0 Å². The van der Waals surface area contributed by atoms with Gasteiger partial charge in [0.25, 0.3) is 0 Å². The Bertz CT molecular complexity index is 330. The first-order chi connectivity index (χ1) is 6.86. The molecule has 74 valence electrons. The summed E-state index contributed by atoms with van der Waals surface area (Å²) in [6.07, 6.45) is 4.44. The Hall–Kier alpha value is -1.08. The molecule has 0 aliphatic heterocycles. The van der Waals surface area contributed by atoms with E-state index in [-0.39, 0.29) is 6.10 Å². The number of hydrogen-bond acceptors (Lipinski definition) is 1. The van der Waals surface area contributed by atoms with Gasteiger partial charge in [0.15, 0.2) is 0 Å². The fourth-order valence-electron chi connectivity index (χ4n) is 2.34. The van der Waals surface area contributed by atoms with Crippen LogP contribution in [0.1, 0.15) is 36.0 Å². The minimum absolute atomic E-state index is 0.288. The third kappa shape index (κ3) is 1.48. The van der Waals surface area contributed by atoms with Crippen LogP contribution in [-0.2, 0) is 4.74 Å². The Labute approximate surface area is 85.4 Å². The van der Waals surface area contributed by atoms with Crippen molar-refractivity contribution in [2.24, 2.45) is 0 Å². The van der Waals surface area contributed by atoms with Gasteiger partial charge in [0.05, 0.1) is 6.10 Å². The third-order valence-electron chi connectivity index (χ3n) is 3.02. The van der Waals surface area contributed by atoms with Gasteiger partial charge in [-0.15, -0.1) is 6.58 Å². The van der Waals surface area contributed by atoms with E-state index in [1.165, 1.54) is 11.1 Å². The van der Waals surface area contributed by atoms with E-state index in [1.54, 1.807) is 7.11 Å². The van der Waals surface area contributed by atoms with Gasteiger partial charge in [0.2, 0.25) is 0 Å². The monoisotopic (exact) mass is 188 g/mol. The lowest BCUT2D eigenvalue weighted by Gasteiger charge is -2.08. The van der Waals surface area contributed by atoms with Crippen molar-refractivity contribution in [3.63, 3.8) is 0 Å². The van der Waals surface area contributed by atoms with Crippen LogP contribution in [-0.4, -0.2) is 7.11 Å². The zero-order valence-corrected chi connectivity index (χ0v) is 8.57. The molecule has 1 aromatic carbocycles. The van der Waals surface area contributed by atoms with Crippen LogP contribution in [0.3, 0.4) is 0 Å². The zero-order chi connectivity index (χ0) is 9.97. The summed E-state index contributed by atoms with van der Waals surface area (Å²) in [5.74, 6) is 0.605. The zero-order valence-electron chi connectivity index (χ0n) is 8.57. The van der Waals surface area contributed by atoms with E-state index in [1.807, 2.05) is 6.08 Å². The van der Waals surface area contributed by atoms with Crippen molar-refractivity contribution in [2.45, 2.75) is 24.9 Å². The van der Waals surface area contributed by atoms with E-state index >= 15 is 0 Å². The predicted molar refractivity (Wildman–Crippen MR) is 58.4 cm³/mol. The number of methoxy groups -OCH3 is 1. The molecule has 1 aromatic rings. The Morgan fingerprint density at radius 3 is 2.79 bits per heavy atom. The maximum absolute atomic E-state index is 5.48. The van der Waals surface area contributed by atoms with Gasteiger partial charge in [-0.2, -0.15) is 0 Å². The van der Waals surface area contributed by atoms with Gasteiger partial charge in [-0.3, -0.25) is 0 Å². The summed E-state index contributed by atoms with van der Waals surface area (Å²) < 4.78 is 5.48. The standard InChI is InChI=1S/C13H16O/c1-3-6-10-9-13(14-2)12-8-5-4-7-11(10)12/h3-5,7-8,10,13H,1,6,9H2,2H3/t10-,13-/m1/s1. The first-order valence-electron chi connectivity index (χ1n) is 5.09. The third-order valence-corrected chi connectivity index (χ3v) is 3.02. The fraction of sp³-hybridized carbons (Fsp3) is 0.385. The molecule has 2 atom stereocenters. The molecule has 1 heteroatoms. The molecule has 1 aliphatic rings. The predicted octanol–water partition coefficient (Wildman–Crippen LogP) is 3.44. The molecule has 0 bridgehead atoms. The minimum Gasteiger partial charge on any atom is -0.377 e. The molecule has 0 aromatic heterocycles. The lowest BCUT2D eigenvalue weighted by Crippen LogP contribution is -1.95. The van der Waals surface area contributed by atoms with Crippen LogP contribution in [0.2, 0.25) is 0 Å². The SMILES string of the molecule is C=CC[C@@H]1C[C@@H](OC)c2ccccc21. The summed E-state index contributed by atoms with van der Waals surface area (Å²) in [6, 6.07) is 8.57. The lowest BCUT2D eigenvalue weighted by atomic mass is 9.98. The van der Waals surface area contributed by atoms with Crippen LogP contribution in [0.25, 0.3) is 0 Å². The molecule has 2 rings (SSSR count). The van der Waals surface area contributed by atoms with E-state index in [0.29, 0.717) is 5.92 Å². The maximum Gasteiger partial charge on any atom is 0.0829 e. The number of ether oxygens (including phenoxy) is 1. The second-order valence-electron chi connectivity index (χ2n) is 3.81. The Morgan fingerprint density at radius 2 is 2.14 bits per heavy atom. The van der Waals surface area contributed by atoms with Crippen molar-refractivity contribution in [2.75, 3.05) is 7.11 Å². The van der Waals surface area contributed by atoms with Crippen LogP contribution in [0.5, 0.6) is 0 Å². The lowest BCUT2D eigenvalue weighted by molar-refractivity contribution is 0.100. The molecular weight excluding hydrogens is 172 g/mol. The first-order valence-corrected chi connectivity index (χ1v) is 5.09.